The van der Waals surface area contributed by atoms with Crippen LogP contribution in [0, 0.1) is 13.8 Å². The molecule has 0 spiro atoms. The highest BCUT2D eigenvalue weighted by Gasteiger charge is 2.23. The third kappa shape index (κ3) is 1.29. The topological polar surface area (TPSA) is 21.9 Å². The van der Waals surface area contributed by atoms with E-state index in [4.69, 9.17) is 0 Å². The summed E-state index contributed by atoms with van der Waals surface area (Å²) in [7, 11) is 0. The second-order valence-electron chi connectivity index (χ2n) is 3.32. The van der Waals surface area contributed by atoms with Gasteiger partial charge in [-0.3, -0.25) is 0 Å². The molecule has 1 N–H and O–H groups in total. The number of hydrogen-bond donors (Lipinski definition) is 1. The summed E-state index contributed by atoms with van der Waals surface area (Å²) in [6, 6.07) is 7.29. The quantitative estimate of drug-likeness (QED) is 0.602. The Balaban J connectivity index is 2.42. The summed E-state index contributed by atoms with van der Waals surface area (Å²) in [6.45, 7) is 5.48. The van der Waals surface area contributed by atoms with E-state index in [2.05, 4.69) is 37.4 Å². The SMILES string of the molecule is Cc1ccc(C)c([C@H]2CN2)c1. The molecule has 1 heterocycles. The number of hydrogen-bond acceptors (Lipinski definition) is 1. The molecule has 1 aromatic rings. The minimum atomic E-state index is 0.648. The Morgan fingerprint density at radius 2 is 2.09 bits per heavy atom. The number of nitrogens with one attached hydrogen (secondary N) is 1. The maximum atomic E-state index is 3.32. The minimum absolute atomic E-state index is 0.648. The summed E-state index contributed by atoms with van der Waals surface area (Å²) in [4.78, 5) is 0. The Kier molecular flexibility index (Phi) is 1.46. The van der Waals surface area contributed by atoms with Crippen molar-refractivity contribution in [1.29, 1.82) is 0 Å². The van der Waals surface area contributed by atoms with Crippen LogP contribution >= 0.6 is 0 Å². The van der Waals surface area contributed by atoms with Crippen LogP contribution in [-0.4, -0.2) is 6.54 Å². The molecule has 11 heavy (non-hydrogen) atoms. The Labute approximate surface area is 67.4 Å². The summed E-state index contributed by atoms with van der Waals surface area (Å²) >= 11 is 0. The van der Waals surface area contributed by atoms with Gasteiger partial charge in [-0.15, -0.1) is 0 Å². The van der Waals surface area contributed by atoms with E-state index < -0.39 is 0 Å². The van der Waals surface area contributed by atoms with Crippen molar-refractivity contribution in [3.05, 3.63) is 34.9 Å². The highest BCUT2D eigenvalue weighted by molar-refractivity contribution is 5.35. The molecule has 0 aromatic heterocycles. The average molecular weight is 147 g/mol. The van der Waals surface area contributed by atoms with Crippen LogP contribution in [0.15, 0.2) is 18.2 Å². The van der Waals surface area contributed by atoms with Gasteiger partial charge in [0, 0.05) is 12.6 Å². The first-order valence-corrected chi connectivity index (χ1v) is 4.08. The Hall–Kier alpha value is -0.820. The molecule has 0 bridgehead atoms. The summed E-state index contributed by atoms with van der Waals surface area (Å²) in [5.74, 6) is 0. The molecule has 0 saturated carbocycles. The van der Waals surface area contributed by atoms with Crippen molar-refractivity contribution in [3.8, 4) is 0 Å². The summed E-state index contributed by atoms with van der Waals surface area (Å²) < 4.78 is 0. The van der Waals surface area contributed by atoms with Gasteiger partial charge in [0.05, 0.1) is 0 Å². The second-order valence-corrected chi connectivity index (χ2v) is 3.32. The molecule has 1 saturated heterocycles. The van der Waals surface area contributed by atoms with Gasteiger partial charge in [-0.2, -0.15) is 0 Å². The van der Waals surface area contributed by atoms with Gasteiger partial charge in [0.25, 0.3) is 0 Å². The van der Waals surface area contributed by atoms with E-state index in [1.54, 1.807) is 0 Å². The number of aryl methyl sites for hydroxylation is 2. The molecule has 2 rings (SSSR count). The molecule has 1 aliphatic heterocycles. The van der Waals surface area contributed by atoms with Gasteiger partial charge in [-0.1, -0.05) is 23.8 Å². The maximum absolute atomic E-state index is 3.32. The van der Waals surface area contributed by atoms with Crippen LogP contribution in [-0.2, 0) is 0 Å². The highest BCUT2D eigenvalue weighted by Crippen LogP contribution is 2.25. The van der Waals surface area contributed by atoms with Crippen molar-refractivity contribution < 1.29 is 0 Å². The third-order valence-electron chi connectivity index (χ3n) is 2.22. The van der Waals surface area contributed by atoms with Crippen molar-refractivity contribution in [1.82, 2.24) is 5.32 Å². The van der Waals surface area contributed by atoms with Crippen molar-refractivity contribution in [2.45, 2.75) is 19.9 Å². The molecular formula is C10H13N. The Morgan fingerprint density at radius 3 is 2.73 bits per heavy atom. The zero-order valence-corrected chi connectivity index (χ0v) is 7.02. The van der Waals surface area contributed by atoms with E-state index in [-0.39, 0.29) is 0 Å². The number of rotatable bonds is 1. The fourth-order valence-corrected chi connectivity index (χ4v) is 1.41. The van der Waals surface area contributed by atoms with Crippen molar-refractivity contribution in [2.75, 3.05) is 6.54 Å². The van der Waals surface area contributed by atoms with Crippen LogP contribution in [0.3, 0.4) is 0 Å². The molecule has 1 fully saturated rings. The molecule has 58 valence electrons. The lowest BCUT2D eigenvalue weighted by Gasteiger charge is -2.03. The maximum Gasteiger partial charge on any atom is 0.0450 e. The molecular weight excluding hydrogens is 134 g/mol. The lowest BCUT2D eigenvalue weighted by atomic mass is 10.0. The second kappa shape index (κ2) is 2.35. The first-order chi connectivity index (χ1) is 5.27. The van der Waals surface area contributed by atoms with Gasteiger partial charge in [-0.05, 0) is 25.0 Å². The van der Waals surface area contributed by atoms with Gasteiger partial charge in [0.1, 0.15) is 0 Å². The molecule has 1 heteroatoms. The first kappa shape index (κ1) is 6.86. The van der Waals surface area contributed by atoms with Crippen LogP contribution in [0.2, 0.25) is 0 Å². The van der Waals surface area contributed by atoms with Crippen LogP contribution in [0.4, 0.5) is 0 Å². The molecule has 1 nitrogen and oxygen atoms in total. The van der Waals surface area contributed by atoms with Crippen molar-refractivity contribution in [3.63, 3.8) is 0 Å². The van der Waals surface area contributed by atoms with Crippen LogP contribution in [0.1, 0.15) is 22.7 Å². The van der Waals surface area contributed by atoms with Gasteiger partial charge in [0.15, 0.2) is 0 Å². The smallest absolute Gasteiger partial charge is 0.0450 e. The summed E-state index contributed by atoms with van der Waals surface area (Å²) in [6.07, 6.45) is 0. The standard InChI is InChI=1S/C10H13N/c1-7-3-4-8(2)9(5-7)10-6-11-10/h3-5,10-11H,6H2,1-2H3/t10-/m1/s1. The molecule has 0 aliphatic carbocycles. The van der Waals surface area contributed by atoms with Gasteiger partial charge in [0.2, 0.25) is 0 Å². The van der Waals surface area contributed by atoms with E-state index in [9.17, 15) is 0 Å². The normalized spacial score (nSPS) is 21.8. The fourth-order valence-electron chi connectivity index (χ4n) is 1.41. The number of benzene rings is 1. The van der Waals surface area contributed by atoms with E-state index in [0.717, 1.165) is 6.54 Å². The average Bonchev–Trinajstić information content (AvgIpc) is 2.76. The zero-order valence-electron chi connectivity index (χ0n) is 7.02. The summed E-state index contributed by atoms with van der Waals surface area (Å²) in [5, 5.41) is 3.32. The Morgan fingerprint density at radius 1 is 1.36 bits per heavy atom. The van der Waals surface area contributed by atoms with Crippen molar-refractivity contribution >= 4 is 0 Å². The van der Waals surface area contributed by atoms with E-state index in [0.29, 0.717) is 6.04 Å². The lowest BCUT2D eigenvalue weighted by Crippen LogP contribution is -1.89. The van der Waals surface area contributed by atoms with Gasteiger partial charge < -0.3 is 5.32 Å². The predicted octanol–water partition coefficient (Wildman–Crippen LogP) is 1.95. The first-order valence-electron chi connectivity index (χ1n) is 4.08. The molecule has 1 aliphatic rings. The summed E-state index contributed by atoms with van der Waals surface area (Å²) in [5.41, 5.74) is 4.25. The fraction of sp³-hybridized carbons (Fsp3) is 0.400. The predicted molar refractivity (Wildman–Crippen MR) is 46.7 cm³/mol. The molecule has 0 unspecified atom stereocenters. The molecule has 1 atom stereocenters. The minimum Gasteiger partial charge on any atom is -0.307 e. The molecule has 1 aromatic carbocycles. The van der Waals surface area contributed by atoms with Crippen LogP contribution in [0.5, 0.6) is 0 Å². The lowest BCUT2D eigenvalue weighted by molar-refractivity contribution is 1.05. The van der Waals surface area contributed by atoms with Crippen LogP contribution in [0.25, 0.3) is 0 Å². The van der Waals surface area contributed by atoms with Crippen molar-refractivity contribution in [2.24, 2.45) is 0 Å². The van der Waals surface area contributed by atoms with Crippen LogP contribution < -0.4 is 5.32 Å². The molecule has 0 amide bonds. The van der Waals surface area contributed by atoms with Gasteiger partial charge in [-0.25, -0.2) is 0 Å². The third-order valence-corrected chi connectivity index (χ3v) is 2.22. The largest absolute Gasteiger partial charge is 0.307 e. The Bertz CT molecular complexity index is 274. The van der Waals surface area contributed by atoms with E-state index in [1.807, 2.05) is 0 Å². The monoisotopic (exact) mass is 147 g/mol. The van der Waals surface area contributed by atoms with E-state index in [1.165, 1.54) is 16.7 Å². The van der Waals surface area contributed by atoms with Gasteiger partial charge >= 0.3 is 0 Å². The highest BCUT2D eigenvalue weighted by atomic mass is 15.1. The van der Waals surface area contributed by atoms with E-state index >= 15 is 0 Å². The zero-order chi connectivity index (χ0) is 7.84. The molecule has 0 radical (unpaired) electrons.